The molecule has 0 aliphatic carbocycles. The molecular weight excluding hydrogens is 444 g/mol. The Balaban J connectivity index is 1.36. The third kappa shape index (κ3) is 4.26. The van der Waals surface area contributed by atoms with Gasteiger partial charge in [-0.1, -0.05) is 0 Å². The van der Waals surface area contributed by atoms with E-state index in [1.807, 2.05) is 6.92 Å². The lowest BCUT2D eigenvalue weighted by Gasteiger charge is -2.51. The molecular formula is C24H29F2N5O3. The zero-order valence-electron chi connectivity index (χ0n) is 19.2. The Morgan fingerprint density at radius 2 is 1.88 bits per heavy atom. The van der Waals surface area contributed by atoms with Gasteiger partial charge >= 0.3 is 0 Å². The summed E-state index contributed by atoms with van der Waals surface area (Å²) >= 11 is 0. The molecule has 1 aromatic carbocycles. The first-order valence-corrected chi connectivity index (χ1v) is 11.7. The highest BCUT2D eigenvalue weighted by Crippen LogP contribution is 2.42. The van der Waals surface area contributed by atoms with E-state index in [2.05, 4.69) is 14.9 Å². The minimum absolute atomic E-state index is 0.0558. The van der Waals surface area contributed by atoms with Gasteiger partial charge in [-0.05, 0) is 44.7 Å². The van der Waals surface area contributed by atoms with Gasteiger partial charge in [-0.25, -0.2) is 8.78 Å². The highest BCUT2D eigenvalue weighted by Gasteiger charge is 2.45. The molecule has 1 aromatic heterocycles. The van der Waals surface area contributed by atoms with Crippen LogP contribution in [0.2, 0.25) is 0 Å². The Morgan fingerprint density at radius 1 is 1.09 bits per heavy atom. The molecule has 2 N–H and O–H groups in total. The predicted molar refractivity (Wildman–Crippen MR) is 123 cm³/mol. The maximum absolute atomic E-state index is 14.0. The van der Waals surface area contributed by atoms with Gasteiger partial charge in [0.1, 0.15) is 11.4 Å². The summed E-state index contributed by atoms with van der Waals surface area (Å²) in [7, 11) is 0. The largest absolute Gasteiger partial charge is 0.469 e. The number of rotatable bonds is 4. The maximum atomic E-state index is 14.0. The van der Waals surface area contributed by atoms with Gasteiger partial charge < -0.3 is 25.0 Å². The Morgan fingerprint density at radius 3 is 2.59 bits per heavy atom. The van der Waals surface area contributed by atoms with Crippen LogP contribution in [0, 0.1) is 11.6 Å². The zero-order chi connectivity index (χ0) is 23.9. The van der Waals surface area contributed by atoms with Crippen molar-refractivity contribution in [2.75, 3.05) is 41.8 Å². The molecule has 0 radical (unpaired) electrons. The SMILES string of the molecule is C[C@@]1(Oc2cc(N3CCC4(CCCC(=O)N4c4ccc(F)c(F)c4)CC3)nc(N)n2)CCOC1. The molecule has 1 atom stereocenters. The molecule has 3 aliphatic heterocycles. The lowest BCUT2D eigenvalue weighted by Crippen LogP contribution is -2.60. The van der Waals surface area contributed by atoms with Crippen LogP contribution in [0.15, 0.2) is 24.3 Å². The van der Waals surface area contributed by atoms with Crippen molar-refractivity contribution in [3.8, 4) is 5.88 Å². The molecule has 4 heterocycles. The fraction of sp³-hybridized carbons (Fsp3) is 0.542. The Hall–Kier alpha value is -3.01. The summed E-state index contributed by atoms with van der Waals surface area (Å²) in [6.07, 6.45) is 4.09. The van der Waals surface area contributed by atoms with Crippen LogP contribution in [0.4, 0.5) is 26.2 Å². The number of aromatic nitrogens is 2. The number of hydrogen-bond acceptors (Lipinski definition) is 7. The van der Waals surface area contributed by atoms with Crippen LogP contribution in [-0.2, 0) is 9.53 Å². The van der Waals surface area contributed by atoms with Gasteiger partial charge in [-0.15, -0.1) is 0 Å². The van der Waals surface area contributed by atoms with Gasteiger partial charge in [0.2, 0.25) is 17.7 Å². The third-order valence-electron chi connectivity index (χ3n) is 7.18. The van der Waals surface area contributed by atoms with Crippen molar-refractivity contribution in [3.63, 3.8) is 0 Å². The van der Waals surface area contributed by atoms with E-state index in [0.717, 1.165) is 31.4 Å². The standard InChI is InChI=1S/C24H29F2N5O3/c1-23(9-12-33-15-23)34-20-14-19(28-22(27)29-20)30-10-7-24(8-11-30)6-2-3-21(32)31(24)16-4-5-17(25)18(26)13-16/h4-5,13-14H,2-3,6-12,15H2,1H3,(H2,27,28,29)/t23-/m1/s1. The Kier molecular flexibility index (Phi) is 5.79. The van der Waals surface area contributed by atoms with Crippen LogP contribution in [0.1, 0.15) is 45.4 Å². The number of hydrogen-bond donors (Lipinski definition) is 1. The fourth-order valence-corrected chi connectivity index (χ4v) is 5.35. The van der Waals surface area contributed by atoms with Gasteiger partial charge in [-0.2, -0.15) is 9.97 Å². The number of anilines is 3. The van der Waals surface area contributed by atoms with Crippen molar-refractivity contribution in [2.45, 2.75) is 56.6 Å². The van der Waals surface area contributed by atoms with Crippen LogP contribution in [0.3, 0.4) is 0 Å². The second-order valence-electron chi connectivity index (χ2n) is 9.67. The van der Waals surface area contributed by atoms with E-state index >= 15 is 0 Å². The lowest BCUT2D eigenvalue weighted by molar-refractivity contribution is -0.121. The van der Waals surface area contributed by atoms with Crippen LogP contribution in [-0.4, -0.2) is 53.3 Å². The first-order valence-electron chi connectivity index (χ1n) is 11.7. The van der Waals surface area contributed by atoms with Gasteiger partial charge in [0.05, 0.1) is 18.8 Å². The van der Waals surface area contributed by atoms with Gasteiger partial charge in [0, 0.05) is 43.8 Å². The van der Waals surface area contributed by atoms with E-state index in [1.165, 1.54) is 6.07 Å². The summed E-state index contributed by atoms with van der Waals surface area (Å²) in [4.78, 5) is 25.4. The summed E-state index contributed by atoms with van der Waals surface area (Å²) in [6, 6.07) is 5.47. The molecule has 0 bridgehead atoms. The highest BCUT2D eigenvalue weighted by atomic mass is 19.2. The highest BCUT2D eigenvalue weighted by molar-refractivity contribution is 5.95. The number of benzene rings is 1. The molecule has 10 heteroatoms. The fourth-order valence-electron chi connectivity index (χ4n) is 5.35. The van der Waals surface area contributed by atoms with Crippen LogP contribution >= 0.6 is 0 Å². The number of halogens is 2. The minimum Gasteiger partial charge on any atom is -0.469 e. The van der Waals surface area contributed by atoms with Crippen molar-refractivity contribution in [1.29, 1.82) is 0 Å². The summed E-state index contributed by atoms with van der Waals surface area (Å²) in [5.41, 5.74) is 5.50. The molecule has 0 saturated carbocycles. The average molecular weight is 474 g/mol. The summed E-state index contributed by atoms with van der Waals surface area (Å²) in [5, 5.41) is 0. The summed E-state index contributed by atoms with van der Waals surface area (Å²) in [5.74, 6) is -0.719. The van der Waals surface area contributed by atoms with Gasteiger partial charge in [0.25, 0.3) is 0 Å². The van der Waals surface area contributed by atoms with E-state index in [9.17, 15) is 13.6 Å². The van der Waals surface area contributed by atoms with Crippen LogP contribution in [0.25, 0.3) is 0 Å². The number of ether oxygens (including phenoxy) is 2. The maximum Gasteiger partial charge on any atom is 0.227 e. The molecule has 3 fully saturated rings. The molecule has 34 heavy (non-hydrogen) atoms. The van der Waals surface area contributed by atoms with Crippen LogP contribution in [0.5, 0.6) is 5.88 Å². The van der Waals surface area contributed by atoms with E-state index in [1.54, 1.807) is 11.0 Å². The Bertz CT molecular complexity index is 1080. The van der Waals surface area contributed by atoms with Gasteiger partial charge in [-0.3, -0.25) is 4.79 Å². The molecule has 3 aliphatic rings. The summed E-state index contributed by atoms with van der Waals surface area (Å²) in [6.45, 7) is 4.38. The van der Waals surface area contributed by atoms with E-state index in [-0.39, 0.29) is 11.9 Å². The normalized spacial score (nSPS) is 24.6. The first-order chi connectivity index (χ1) is 16.3. The topological polar surface area (TPSA) is 93.8 Å². The number of amides is 1. The number of carbonyl (C=O) groups is 1. The number of nitrogens with two attached hydrogens (primary N) is 1. The van der Waals surface area contributed by atoms with Crippen molar-refractivity contribution >= 4 is 23.4 Å². The first kappa shape index (κ1) is 22.8. The summed E-state index contributed by atoms with van der Waals surface area (Å²) < 4.78 is 39.1. The third-order valence-corrected chi connectivity index (χ3v) is 7.18. The molecule has 5 rings (SSSR count). The average Bonchev–Trinajstić information content (AvgIpc) is 3.22. The second-order valence-corrected chi connectivity index (χ2v) is 9.67. The smallest absolute Gasteiger partial charge is 0.227 e. The minimum atomic E-state index is -0.950. The van der Waals surface area contributed by atoms with Crippen molar-refractivity contribution in [3.05, 3.63) is 35.9 Å². The number of piperidine rings is 2. The van der Waals surface area contributed by atoms with Crippen molar-refractivity contribution < 1.29 is 23.0 Å². The quantitative estimate of drug-likeness (QED) is 0.727. The van der Waals surface area contributed by atoms with Crippen molar-refractivity contribution in [1.82, 2.24) is 9.97 Å². The van der Waals surface area contributed by atoms with E-state index in [0.29, 0.717) is 63.0 Å². The monoisotopic (exact) mass is 473 g/mol. The van der Waals surface area contributed by atoms with E-state index < -0.39 is 22.8 Å². The Labute approximate surface area is 197 Å². The second kappa shape index (κ2) is 8.65. The molecule has 3 saturated heterocycles. The predicted octanol–water partition coefficient (Wildman–Crippen LogP) is 3.45. The van der Waals surface area contributed by atoms with Crippen LogP contribution < -0.4 is 20.3 Å². The number of nitrogens with zero attached hydrogens (tertiary/aromatic N) is 4. The molecule has 2 aromatic rings. The number of nitrogen functional groups attached to an aromatic ring is 1. The molecule has 1 amide bonds. The number of carbonyl (C=O) groups excluding carboxylic acids is 1. The lowest BCUT2D eigenvalue weighted by atomic mass is 9.78. The van der Waals surface area contributed by atoms with Crippen molar-refractivity contribution in [2.24, 2.45) is 0 Å². The van der Waals surface area contributed by atoms with Gasteiger partial charge in [0.15, 0.2) is 11.6 Å². The molecule has 182 valence electrons. The molecule has 1 spiro atoms. The molecule has 8 nitrogen and oxygen atoms in total. The van der Waals surface area contributed by atoms with E-state index in [4.69, 9.17) is 15.2 Å². The molecule has 0 unspecified atom stereocenters. The zero-order valence-corrected chi connectivity index (χ0v) is 19.2.